The molecular formula is C9H20N2O. The lowest BCUT2D eigenvalue weighted by atomic mass is 9.69. The van der Waals surface area contributed by atoms with Crippen molar-refractivity contribution in [2.75, 3.05) is 0 Å². The summed E-state index contributed by atoms with van der Waals surface area (Å²) >= 11 is 0. The van der Waals surface area contributed by atoms with Crippen LogP contribution < -0.4 is 11.5 Å². The van der Waals surface area contributed by atoms with E-state index in [0.717, 1.165) is 0 Å². The highest BCUT2D eigenvalue weighted by Crippen LogP contribution is 2.31. The van der Waals surface area contributed by atoms with Gasteiger partial charge in [0.1, 0.15) is 0 Å². The van der Waals surface area contributed by atoms with E-state index in [9.17, 15) is 5.11 Å². The maximum Gasteiger partial charge on any atom is 0.0609 e. The van der Waals surface area contributed by atoms with E-state index < -0.39 is 0 Å². The minimum absolute atomic E-state index is 0.0263. The Morgan fingerprint density at radius 3 is 1.75 bits per heavy atom. The zero-order valence-corrected chi connectivity index (χ0v) is 8.07. The summed E-state index contributed by atoms with van der Waals surface area (Å²) in [6.45, 7) is 6.07. The van der Waals surface area contributed by atoms with Crippen molar-refractivity contribution < 1.29 is 5.11 Å². The minimum Gasteiger partial charge on any atom is -0.392 e. The summed E-state index contributed by atoms with van der Waals surface area (Å²) in [6, 6.07) is -0.0374. The summed E-state index contributed by atoms with van der Waals surface area (Å²) in [7, 11) is 0. The van der Waals surface area contributed by atoms with E-state index in [1.165, 1.54) is 0 Å². The van der Waals surface area contributed by atoms with Crippen LogP contribution in [-0.4, -0.2) is 23.3 Å². The molecule has 72 valence electrons. The van der Waals surface area contributed by atoms with Gasteiger partial charge < -0.3 is 16.6 Å². The molecule has 6 atom stereocenters. The van der Waals surface area contributed by atoms with Gasteiger partial charge in [0.2, 0.25) is 0 Å². The summed E-state index contributed by atoms with van der Waals surface area (Å²) in [5.41, 5.74) is 11.8. The van der Waals surface area contributed by atoms with E-state index in [2.05, 4.69) is 6.92 Å². The van der Waals surface area contributed by atoms with Gasteiger partial charge in [0.05, 0.1) is 6.10 Å². The van der Waals surface area contributed by atoms with Gasteiger partial charge in [-0.1, -0.05) is 20.8 Å². The molecule has 0 aromatic rings. The predicted octanol–water partition coefficient (Wildman–Crippen LogP) is -0.0762. The number of aliphatic hydroxyl groups is 1. The van der Waals surface area contributed by atoms with Crippen LogP contribution in [0.3, 0.4) is 0 Å². The maximum atomic E-state index is 9.77. The van der Waals surface area contributed by atoms with Gasteiger partial charge in [-0.25, -0.2) is 0 Å². The van der Waals surface area contributed by atoms with Gasteiger partial charge in [-0.15, -0.1) is 0 Å². The quantitative estimate of drug-likeness (QED) is 0.478. The van der Waals surface area contributed by atoms with Gasteiger partial charge in [0.25, 0.3) is 0 Å². The molecule has 0 saturated heterocycles. The highest BCUT2D eigenvalue weighted by Gasteiger charge is 2.40. The largest absolute Gasteiger partial charge is 0.392 e. The van der Waals surface area contributed by atoms with E-state index in [4.69, 9.17) is 11.5 Å². The Morgan fingerprint density at radius 2 is 1.25 bits per heavy atom. The Morgan fingerprint density at radius 1 is 0.833 bits per heavy atom. The monoisotopic (exact) mass is 172 g/mol. The Bertz CT molecular complexity index is 104. The van der Waals surface area contributed by atoms with Gasteiger partial charge in [-0.2, -0.15) is 0 Å². The molecule has 1 fully saturated rings. The molecule has 0 aromatic heterocycles. The lowest BCUT2D eigenvalue weighted by Crippen LogP contribution is -2.60. The lowest BCUT2D eigenvalue weighted by Gasteiger charge is -2.44. The first-order valence-electron chi connectivity index (χ1n) is 4.66. The SMILES string of the molecule is CC1C(C)C(O)C(C)C(N)C1N. The topological polar surface area (TPSA) is 72.3 Å². The van der Waals surface area contributed by atoms with Crippen molar-refractivity contribution in [2.45, 2.75) is 39.0 Å². The molecule has 1 saturated carbocycles. The fourth-order valence-corrected chi connectivity index (χ4v) is 2.07. The minimum atomic E-state index is -0.296. The molecule has 0 aliphatic heterocycles. The van der Waals surface area contributed by atoms with Crippen LogP contribution in [0, 0.1) is 17.8 Å². The molecule has 0 aromatic carbocycles. The van der Waals surface area contributed by atoms with Crippen molar-refractivity contribution in [3.8, 4) is 0 Å². The standard InChI is InChI=1S/C9H20N2O/c1-4-5(2)9(12)6(3)8(11)7(4)10/h4-9,12H,10-11H2,1-3H3. The number of rotatable bonds is 0. The van der Waals surface area contributed by atoms with Gasteiger partial charge in [-0.3, -0.25) is 0 Å². The second-order valence-corrected chi connectivity index (χ2v) is 4.22. The number of nitrogens with two attached hydrogens (primary N) is 2. The average molecular weight is 172 g/mol. The molecule has 12 heavy (non-hydrogen) atoms. The molecule has 3 heteroatoms. The van der Waals surface area contributed by atoms with Crippen molar-refractivity contribution in [3.05, 3.63) is 0 Å². The molecule has 0 heterocycles. The summed E-state index contributed by atoms with van der Waals surface area (Å²) in [5.74, 6) is 0.687. The first-order chi connectivity index (χ1) is 5.46. The first kappa shape index (κ1) is 9.96. The van der Waals surface area contributed by atoms with E-state index >= 15 is 0 Å². The normalized spacial score (nSPS) is 55.5. The molecular weight excluding hydrogens is 152 g/mol. The van der Waals surface area contributed by atoms with Crippen LogP contribution in [0.1, 0.15) is 20.8 Å². The first-order valence-corrected chi connectivity index (χ1v) is 4.66. The van der Waals surface area contributed by atoms with Crippen LogP contribution in [0.5, 0.6) is 0 Å². The third-order valence-corrected chi connectivity index (χ3v) is 3.57. The van der Waals surface area contributed by atoms with Gasteiger partial charge in [-0.05, 0) is 17.8 Å². The predicted molar refractivity (Wildman–Crippen MR) is 49.4 cm³/mol. The second kappa shape index (κ2) is 3.32. The number of hydrogen-bond acceptors (Lipinski definition) is 3. The van der Waals surface area contributed by atoms with E-state index in [1.807, 2.05) is 13.8 Å². The van der Waals surface area contributed by atoms with Crippen LogP contribution >= 0.6 is 0 Å². The van der Waals surface area contributed by atoms with Crippen LogP contribution in [0.2, 0.25) is 0 Å². The lowest BCUT2D eigenvalue weighted by molar-refractivity contribution is -0.0148. The van der Waals surface area contributed by atoms with Gasteiger partial charge in [0.15, 0.2) is 0 Å². The van der Waals surface area contributed by atoms with Gasteiger partial charge >= 0.3 is 0 Å². The molecule has 0 bridgehead atoms. The fourth-order valence-electron chi connectivity index (χ4n) is 2.07. The number of aliphatic hydroxyl groups excluding tert-OH is 1. The van der Waals surface area contributed by atoms with Crippen LogP contribution in [0.4, 0.5) is 0 Å². The summed E-state index contributed by atoms with van der Waals surface area (Å²) in [4.78, 5) is 0. The van der Waals surface area contributed by atoms with Crippen molar-refractivity contribution in [1.29, 1.82) is 0 Å². The molecule has 1 rings (SSSR count). The Hall–Kier alpha value is -0.120. The average Bonchev–Trinajstić information content (AvgIpc) is 2.08. The Labute approximate surface area is 74.1 Å². The van der Waals surface area contributed by atoms with Crippen molar-refractivity contribution in [1.82, 2.24) is 0 Å². The third kappa shape index (κ3) is 1.37. The smallest absolute Gasteiger partial charge is 0.0609 e. The van der Waals surface area contributed by atoms with Crippen molar-refractivity contribution in [2.24, 2.45) is 29.2 Å². The zero-order chi connectivity index (χ0) is 9.46. The maximum absolute atomic E-state index is 9.77. The fraction of sp³-hybridized carbons (Fsp3) is 1.00. The van der Waals surface area contributed by atoms with Crippen LogP contribution in [0.25, 0.3) is 0 Å². The second-order valence-electron chi connectivity index (χ2n) is 4.22. The van der Waals surface area contributed by atoms with E-state index in [0.29, 0.717) is 5.92 Å². The Kier molecular flexibility index (Phi) is 2.76. The third-order valence-electron chi connectivity index (χ3n) is 3.57. The molecule has 1 aliphatic rings. The Balaban J connectivity index is 2.76. The summed E-state index contributed by atoms with van der Waals surface area (Å²) < 4.78 is 0. The summed E-state index contributed by atoms with van der Waals surface area (Å²) in [6.07, 6.45) is -0.296. The molecule has 0 amide bonds. The number of hydrogen-bond donors (Lipinski definition) is 3. The van der Waals surface area contributed by atoms with Crippen molar-refractivity contribution >= 4 is 0 Å². The molecule has 6 unspecified atom stereocenters. The van der Waals surface area contributed by atoms with E-state index in [-0.39, 0.29) is 30.0 Å². The molecule has 1 aliphatic carbocycles. The zero-order valence-electron chi connectivity index (χ0n) is 8.07. The molecule has 5 N–H and O–H groups in total. The molecule has 3 nitrogen and oxygen atoms in total. The van der Waals surface area contributed by atoms with E-state index in [1.54, 1.807) is 0 Å². The van der Waals surface area contributed by atoms with Crippen LogP contribution in [-0.2, 0) is 0 Å². The van der Waals surface area contributed by atoms with Crippen molar-refractivity contribution in [3.63, 3.8) is 0 Å². The summed E-state index contributed by atoms with van der Waals surface area (Å²) in [5, 5.41) is 9.77. The molecule has 0 spiro atoms. The van der Waals surface area contributed by atoms with Crippen LogP contribution in [0.15, 0.2) is 0 Å². The van der Waals surface area contributed by atoms with Gasteiger partial charge in [0, 0.05) is 12.1 Å². The highest BCUT2D eigenvalue weighted by atomic mass is 16.3. The molecule has 0 radical (unpaired) electrons. The highest BCUT2D eigenvalue weighted by molar-refractivity contribution is 4.97.